The summed E-state index contributed by atoms with van der Waals surface area (Å²) in [4.78, 5) is 23.7. The van der Waals surface area contributed by atoms with Gasteiger partial charge in [0.1, 0.15) is 5.75 Å². The Morgan fingerprint density at radius 1 is 1.00 bits per heavy atom. The monoisotopic (exact) mass is 431 g/mol. The molecule has 0 spiro atoms. The molecule has 5 nitrogen and oxygen atoms in total. The van der Waals surface area contributed by atoms with Crippen LogP contribution in [-0.4, -0.2) is 36.6 Å². The first-order valence-corrected chi connectivity index (χ1v) is 11.7. The number of benzene rings is 2. The summed E-state index contributed by atoms with van der Waals surface area (Å²) in [6, 6.07) is 15.4. The SMILES string of the molecule is CCc1ccc(NC(=O)COC(=O)COc2ccc(C3SCCCS3)cc2)cc1. The predicted molar refractivity (Wildman–Crippen MR) is 120 cm³/mol. The number of nitrogens with one attached hydrogen (secondary N) is 1. The van der Waals surface area contributed by atoms with Crippen molar-refractivity contribution in [3.63, 3.8) is 0 Å². The zero-order valence-corrected chi connectivity index (χ0v) is 18.0. The summed E-state index contributed by atoms with van der Waals surface area (Å²) in [6.07, 6.45) is 2.20. The number of carbonyl (C=O) groups excluding carboxylic acids is 2. The van der Waals surface area contributed by atoms with Crippen molar-refractivity contribution in [3.8, 4) is 5.75 Å². The third-order valence-corrected chi connectivity index (χ3v) is 7.36. The molecule has 0 radical (unpaired) electrons. The number of hydrogen-bond donors (Lipinski definition) is 1. The first kappa shape index (κ1) is 21.6. The van der Waals surface area contributed by atoms with Gasteiger partial charge in [-0.25, -0.2) is 4.79 Å². The molecular weight excluding hydrogens is 406 g/mol. The van der Waals surface area contributed by atoms with E-state index in [1.165, 1.54) is 29.1 Å². The van der Waals surface area contributed by atoms with Crippen molar-refractivity contribution in [2.24, 2.45) is 0 Å². The Balaban J connectivity index is 1.37. The molecule has 2 aromatic carbocycles. The number of anilines is 1. The molecular formula is C22H25NO4S2. The fraction of sp³-hybridized carbons (Fsp3) is 0.364. The van der Waals surface area contributed by atoms with Crippen LogP contribution in [0.1, 0.15) is 29.1 Å². The molecule has 1 aliphatic heterocycles. The Hall–Kier alpha value is -2.12. The van der Waals surface area contributed by atoms with Gasteiger partial charge in [0.25, 0.3) is 5.91 Å². The van der Waals surface area contributed by atoms with Gasteiger partial charge in [-0.05, 0) is 59.7 Å². The van der Waals surface area contributed by atoms with Crippen LogP contribution in [0.25, 0.3) is 0 Å². The molecule has 3 rings (SSSR count). The maximum absolute atomic E-state index is 11.9. The van der Waals surface area contributed by atoms with Gasteiger partial charge in [-0.15, -0.1) is 23.5 Å². The molecule has 0 atom stereocenters. The zero-order valence-electron chi connectivity index (χ0n) is 16.4. The Morgan fingerprint density at radius 3 is 2.34 bits per heavy atom. The van der Waals surface area contributed by atoms with Crippen molar-refractivity contribution in [1.29, 1.82) is 0 Å². The first-order chi connectivity index (χ1) is 14.1. The molecule has 29 heavy (non-hydrogen) atoms. The second-order valence-corrected chi connectivity index (χ2v) is 9.27. The topological polar surface area (TPSA) is 64.6 Å². The van der Waals surface area contributed by atoms with E-state index in [1.807, 2.05) is 72.1 Å². The van der Waals surface area contributed by atoms with Gasteiger partial charge in [-0.1, -0.05) is 31.2 Å². The summed E-state index contributed by atoms with van der Waals surface area (Å²) in [6.45, 7) is 1.50. The lowest BCUT2D eigenvalue weighted by molar-refractivity contribution is -0.149. The van der Waals surface area contributed by atoms with E-state index >= 15 is 0 Å². The molecule has 0 aliphatic carbocycles. The van der Waals surface area contributed by atoms with Gasteiger partial charge < -0.3 is 14.8 Å². The standard InChI is InChI=1S/C22H25NO4S2/c1-2-16-4-8-18(9-5-16)23-20(24)14-27-21(25)15-26-19-10-6-17(7-11-19)22-28-12-3-13-29-22/h4-11,22H,2-3,12-15H2,1H3,(H,23,24). The number of hydrogen-bond acceptors (Lipinski definition) is 6. The average molecular weight is 432 g/mol. The highest BCUT2D eigenvalue weighted by Gasteiger charge is 2.16. The molecule has 2 aromatic rings. The van der Waals surface area contributed by atoms with Crippen LogP contribution in [0.3, 0.4) is 0 Å². The van der Waals surface area contributed by atoms with Crippen molar-refractivity contribution in [2.75, 3.05) is 30.0 Å². The number of esters is 1. The number of carbonyl (C=O) groups is 2. The summed E-state index contributed by atoms with van der Waals surface area (Å²) in [5.74, 6) is 2.04. The Morgan fingerprint density at radius 2 is 1.69 bits per heavy atom. The van der Waals surface area contributed by atoms with Gasteiger partial charge in [0.05, 0.1) is 4.58 Å². The van der Waals surface area contributed by atoms with E-state index in [4.69, 9.17) is 9.47 Å². The second kappa shape index (κ2) is 11.2. The van der Waals surface area contributed by atoms with Crippen molar-refractivity contribution < 1.29 is 19.1 Å². The largest absolute Gasteiger partial charge is 0.482 e. The highest BCUT2D eigenvalue weighted by molar-refractivity contribution is 8.16. The summed E-state index contributed by atoms with van der Waals surface area (Å²) in [7, 11) is 0. The molecule has 0 aromatic heterocycles. The molecule has 1 heterocycles. The molecule has 154 valence electrons. The quantitative estimate of drug-likeness (QED) is 0.613. The van der Waals surface area contributed by atoms with Crippen molar-refractivity contribution in [3.05, 3.63) is 59.7 Å². The van der Waals surface area contributed by atoms with Gasteiger partial charge in [-0.2, -0.15) is 0 Å². The van der Waals surface area contributed by atoms with Gasteiger partial charge >= 0.3 is 5.97 Å². The molecule has 0 saturated carbocycles. The van der Waals surface area contributed by atoms with Gasteiger partial charge in [-0.3, -0.25) is 4.79 Å². The normalized spacial score (nSPS) is 14.2. The Kier molecular flexibility index (Phi) is 8.31. The van der Waals surface area contributed by atoms with E-state index in [-0.39, 0.29) is 19.1 Å². The lowest BCUT2D eigenvalue weighted by Crippen LogP contribution is -2.23. The van der Waals surface area contributed by atoms with Gasteiger partial charge in [0.2, 0.25) is 0 Å². The fourth-order valence-corrected chi connectivity index (χ4v) is 5.65. The number of aryl methyl sites for hydroxylation is 1. The Bertz CT molecular complexity index is 803. The third kappa shape index (κ3) is 7.01. The minimum Gasteiger partial charge on any atom is -0.482 e. The van der Waals surface area contributed by atoms with Gasteiger partial charge in [0, 0.05) is 5.69 Å². The zero-order chi connectivity index (χ0) is 20.5. The van der Waals surface area contributed by atoms with Crippen LogP contribution >= 0.6 is 23.5 Å². The molecule has 0 unspecified atom stereocenters. The molecule has 7 heteroatoms. The van der Waals surface area contributed by atoms with E-state index in [9.17, 15) is 9.59 Å². The van der Waals surface area contributed by atoms with E-state index < -0.39 is 5.97 Å². The van der Waals surface area contributed by atoms with E-state index in [1.54, 1.807) is 0 Å². The van der Waals surface area contributed by atoms with Crippen molar-refractivity contribution in [2.45, 2.75) is 24.3 Å². The van der Waals surface area contributed by atoms with Crippen LogP contribution in [0.4, 0.5) is 5.69 Å². The maximum atomic E-state index is 11.9. The lowest BCUT2D eigenvalue weighted by atomic mass is 10.1. The molecule has 1 fully saturated rings. The second-order valence-electron chi connectivity index (χ2n) is 6.54. The van der Waals surface area contributed by atoms with Crippen LogP contribution in [0.5, 0.6) is 5.75 Å². The number of ether oxygens (including phenoxy) is 2. The fourth-order valence-electron chi connectivity index (χ4n) is 2.75. The van der Waals surface area contributed by atoms with E-state index in [2.05, 4.69) is 12.2 Å². The lowest BCUT2D eigenvalue weighted by Gasteiger charge is -2.21. The van der Waals surface area contributed by atoms with Crippen LogP contribution in [0, 0.1) is 0 Å². The predicted octanol–water partition coefficient (Wildman–Crippen LogP) is 4.68. The van der Waals surface area contributed by atoms with Crippen LogP contribution in [0.15, 0.2) is 48.5 Å². The highest BCUT2D eigenvalue weighted by atomic mass is 32.2. The smallest absolute Gasteiger partial charge is 0.344 e. The molecule has 1 aliphatic rings. The highest BCUT2D eigenvalue weighted by Crippen LogP contribution is 2.43. The van der Waals surface area contributed by atoms with Crippen molar-refractivity contribution in [1.82, 2.24) is 0 Å². The van der Waals surface area contributed by atoms with E-state index in [0.29, 0.717) is 16.0 Å². The summed E-state index contributed by atoms with van der Waals surface area (Å²) >= 11 is 3.92. The minimum atomic E-state index is -0.580. The number of amides is 1. The van der Waals surface area contributed by atoms with Gasteiger partial charge in [0.15, 0.2) is 13.2 Å². The summed E-state index contributed by atoms with van der Waals surface area (Å²) < 4.78 is 10.9. The number of thioether (sulfide) groups is 2. The van der Waals surface area contributed by atoms with Crippen LogP contribution < -0.4 is 10.1 Å². The molecule has 1 N–H and O–H groups in total. The maximum Gasteiger partial charge on any atom is 0.344 e. The number of rotatable bonds is 8. The molecule has 1 amide bonds. The minimum absolute atomic E-state index is 0.231. The molecule has 1 saturated heterocycles. The summed E-state index contributed by atoms with van der Waals surface area (Å²) in [5.41, 5.74) is 3.13. The van der Waals surface area contributed by atoms with Crippen LogP contribution in [0.2, 0.25) is 0 Å². The summed E-state index contributed by atoms with van der Waals surface area (Å²) in [5, 5.41) is 2.70. The third-order valence-electron chi connectivity index (χ3n) is 4.35. The first-order valence-electron chi connectivity index (χ1n) is 9.64. The van der Waals surface area contributed by atoms with Crippen molar-refractivity contribution >= 4 is 41.1 Å². The van der Waals surface area contributed by atoms with E-state index in [0.717, 1.165) is 6.42 Å². The average Bonchev–Trinajstić information content (AvgIpc) is 2.78. The van der Waals surface area contributed by atoms with Crippen LogP contribution in [-0.2, 0) is 20.7 Å². The molecule has 0 bridgehead atoms. The Labute approximate surface area is 179 Å².